The molecule has 2 aromatic rings. The second-order valence-electron chi connectivity index (χ2n) is 4.22. The summed E-state index contributed by atoms with van der Waals surface area (Å²) in [7, 11) is 3.38. The minimum Gasteiger partial charge on any atom is -0.480 e. The number of methoxy groups -OCH3 is 1. The number of rotatable bonds is 4. The second kappa shape index (κ2) is 5.75. The van der Waals surface area contributed by atoms with Gasteiger partial charge < -0.3 is 10.1 Å². The molecule has 0 aliphatic heterocycles. The molecule has 0 saturated carbocycles. The number of hydrogen-bond acceptors (Lipinski definition) is 4. The molecule has 0 bridgehead atoms. The Kier molecular flexibility index (Phi) is 4.06. The van der Waals surface area contributed by atoms with Gasteiger partial charge in [-0.05, 0) is 43.3 Å². The monoisotopic (exact) mass is 261 g/mol. The highest BCUT2D eigenvalue weighted by molar-refractivity contribution is 5.34. The molecule has 0 amide bonds. The lowest BCUT2D eigenvalue weighted by Gasteiger charge is -2.18. The van der Waals surface area contributed by atoms with Crippen molar-refractivity contribution in [2.45, 2.75) is 13.0 Å². The van der Waals surface area contributed by atoms with Crippen molar-refractivity contribution < 1.29 is 9.13 Å². The molecule has 1 aromatic heterocycles. The van der Waals surface area contributed by atoms with Crippen LogP contribution < -0.4 is 10.1 Å². The molecule has 0 aliphatic carbocycles. The van der Waals surface area contributed by atoms with E-state index in [2.05, 4.69) is 15.5 Å². The van der Waals surface area contributed by atoms with Gasteiger partial charge in [-0.3, -0.25) is 0 Å². The normalized spacial score (nSPS) is 12.2. The van der Waals surface area contributed by atoms with Crippen LogP contribution in [-0.2, 0) is 0 Å². The molecule has 4 nitrogen and oxygen atoms in total. The van der Waals surface area contributed by atoms with Gasteiger partial charge in [0.15, 0.2) is 0 Å². The number of nitrogens with one attached hydrogen (secondary N) is 1. The summed E-state index contributed by atoms with van der Waals surface area (Å²) in [5.41, 5.74) is 2.61. The van der Waals surface area contributed by atoms with E-state index >= 15 is 0 Å². The first-order valence-corrected chi connectivity index (χ1v) is 5.96. The fraction of sp³-hybridized carbons (Fsp3) is 0.286. The van der Waals surface area contributed by atoms with Crippen molar-refractivity contribution in [3.8, 4) is 5.88 Å². The first-order valence-electron chi connectivity index (χ1n) is 5.96. The summed E-state index contributed by atoms with van der Waals surface area (Å²) in [5.74, 6) is 0.228. The molecule has 19 heavy (non-hydrogen) atoms. The molecule has 0 spiro atoms. The molecule has 1 N–H and O–H groups in total. The molecule has 1 aromatic carbocycles. The molecule has 1 unspecified atom stereocenters. The smallest absolute Gasteiger partial charge is 0.233 e. The van der Waals surface area contributed by atoms with Gasteiger partial charge >= 0.3 is 0 Å². The standard InChI is InChI=1S/C14H16FN3O/c1-9-8-10(15)4-5-11(9)14(16-2)12-6-7-13(19-3)18-17-12/h4-8,14,16H,1-3H3. The van der Waals surface area contributed by atoms with Gasteiger partial charge in [0.05, 0.1) is 18.8 Å². The van der Waals surface area contributed by atoms with Crippen molar-refractivity contribution in [3.05, 3.63) is 53.0 Å². The SMILES string of the molecule is CNC(c1ccc(OC)nn1)c1ccc(F)cc1C. The lowest BCUT2D eigenvalue weighted by molar-refractivity contribution is 0.390. The predicted octanol–water partition coefficient (Wildman–Crippen LogP) is 2.24. The minimum absolute atomic E-state index is 0.126. The third-order valence-corrected chi connectivity index (χ3v) is 3.00. The van der Waals surface area contributed by atoms with Gasteiger partial charge in [0.2, 0.25) is 5.88 Å². The molecule has 0 radical (unpaired) electrons. The van der Waals surface area contributed by atoms with Crippen LogP contribution in [0.3, 0.4) is 0 Å². The maximum Gasteiger partial charge on any atom is 0.233 e. The van der Waals surface area contributed by atoms with Crippen LogP contribution in [0.4, 0.5) is 4.39 Å². The van der Waals surface area contributed by atoms with Gasteiger partial charge in [-0.25, -0.2) is 4.39 Å². The van der Waals surface area contributed by atoms with E-state index < -0.39 is 0 Å². The van der Waals surface area contributed by atoms with E-state index in [1.165, 1.54) is 12.1 Å². The second-order valence-corrected chi connectivity index (χ2v) is 4.22. The van der Waals surface area contributed by atoms with Crippen molar-refractivity contribution in [1.29, 1.82) is 0 Å². The van der Waals surface area contributed by atoms with Gasteiger partial charge in [0, 0.05) is 6.07 Å². The van der Waals surface area contributed by atoms with E-state index in [1.807, 2.05) is 20.0 Å². The summed E-state index contributed by atoms with van der Waals surface area (Å²) >= 11 is 0. The molecule has 100 valence electrons. The molecule has 5 heteroatoms. The summed E-state index contributed by atoms with van der Waals surface area (Å²) in [6, 6.07) is 8.19. The topological polar surface area (TPSA) is 47.0 Å². The van der Waals surface area contributed by atoms with E-state index in [0.29, 0.717) is 5.88 Å². The highest BCUT2D eigenvalue weighted by Crippen LogP contribution is 2.24. The Morgan fingerprint density at radius 3 is 2.53 bits per heavy atom. The third kappa shape index (κ3) is 2.88. The van der Waals surface area contributed by atoms with Crippen LogP contribution in [0.1, 0.15) is 22.9 Å². The summed E-state index contributed by atoms with van der Waals surface area (Å²) < 4.78 is 18.1. The molecule has 0 fully saturated rings. The van der Waals surface area contributed by atoms with Crippen LogP contribution in [0.25, 0.3) is 0 Å². The van der Waals surface area contributed by atoms with Crippen molar-refractivity contribution in [3.63, 3.8) is 0 Å². The number of hydrogen-bond donors (Lipinski definition) is 1. The lowest BCUT2D eigenvalue weighted by atomic mass is 9.98. The van der Waals surface area contributed by atoms with E-state index in [0.717, 1.165) is 16.8 Å². The van der Waals surface area contributed by atoms with Crippen LogP contribution in [0, 0.1) is 12.7 Å². The van der Waals surface area contributed by atoms with Crippen LogP contribution in [0.15, 0.2) is 30.3 Å². The molecular formula is C14H16FN3O. The molecule has 1 heterocycles. The fourth-order valence-corrected chi connectivity index (χ4v) is 2.02. The van der Waals surface area contributed by atoms with Crippen molar-refractivity contribution in [2.24, 2.45) is 0 Å². The Balaban J connectivity index is 2.37. The maximum absolute atomic E-state index is 13.2. The van der Waals surface area contributed by atoms with Gasteiger partial charge in [-0.1, -0.05) is 6.07 Å². The number of benzene rings is 1. The minimum atomic E-state index is -0.239. The number of nitrogens with zero attached hydrogens (tertiary/aromatic N) is 2. The Labute approximate surface area is 111 Å². The van der Waals surface area contributed by atoms with Crippen molar-refractivity contribution in [1.82, 2.24) is 15.5 Å². The fourth-order valence-electron chi connectivity index (χ4n) is 2.02. The molecule has 2 rings (SSSR count). The van der Waals surface area contributed by atoms with Gasteiger partial charge in [-0.2, -0.15) is 0 Å². The number of ether oxygens (including phenoxy) is 1. The van der Waals surface area contributed by atoms with Crippen LogP contribution in [0.5, 0.6) is 5.88 Å². The quantitative estimate of drug-likeness (QED) is 0.917. The van der Waals surface area contributed by atoms with Crippen LogP contribution in [0.2, 0.25) is 0 Å². The maximum atomic E-state index is 13.2. The number of aryl methyl sites for hydroxylation is 1. The van der Waals surface area contributed by atoms with E-state index in [-0.39, 0.29) is 11.9 Å². The van der Waals surface area contributed by atoms with Crippen LogP contribution in [-0.4, -0.2) is 24.4 Å². The summed E-state index contributed by atoms with van der Waals surface area (Å²) in [6.07, 6.45) is 0. The Bertz CT molecular complexity index is 557. The van der Waals surface area contributed by atoms with Gasteiger partial charge in [-0.15, -0.1) is 10.2 Å². The lowest BCUT2D eigenvalue weighted by Crippen LogP contribution is -2.20. The summed E-state index contributed by atoms with van der Waals surface area (Å²) in [5, 5.41) is 11.2. The third-order valence-electron chi connectivity index (χ3n) is 3.00. The first kappa shape index (κ1) is 13.4. The zero-order chi connectivity index (χ0) is 13.8. The zero-order valence-electron chi connectivity index (χ0n) is 11.1. The largest absolute Gasteiger partial charge is 0.480 e. The number of aromatic nitrogens is 2. The Morgan fingerprint density at radius 1 is 1.21 bits per heavy atom. The Hall–Kier alpha value is -2.01. The summed E-state index contributed by atoms with van der Waals surface area (Å²) in [4.78, 5) is 0. The van der Waals surface area contributed by atoms with E-state index in [4.69, 9.17) is 4.74 Å². The summed E-state index contributed by atoms with van der Waals surface area (Å²) in [6.45, 7) is 1.87. The average molecular weight is 261 g/mol. The Morgan fingerprint density at radius 2 is 2.00 bits per heavy atom. The van der Waals surface area contributed by atoms with Crippen molar-refractivity contribution in [2.75, 3.05) is 14.2 Å². The zero-order valence-corrected chi connectivity index (χ0v) is 11.1. The average Bonchev–Trinajstić information content (AvgIpc) is 2.42. The van der Waals surface area contributed by atoms with E-state index in [1.54, 1.807) is 19.2 Å². The van der Waals surface area contributed by atoms with Crippen molar-refractivity contribution >= 4 is 0 Å². The van der Waals surface area contributed by atoms with Crippen LogP contribution >= 0.6 is 0 Å². The highest BCUT2D eigenvalue weighted by Gasteiger charge is 2.16. The van der Waals surface area contributed by atoms with Gasteiger partial charge in [0.1, 0.15) is 5.82 Å². The number of halogens is 1. The molecule has 0 aliphatic rings. The predicted molar refractivity (Wildman–Crippen MR) is 70.6 cm³/mol. The first-order chi connectivity index (χ1) is 9.15. The molecule has 1 atom stereocenters. The molecular weight excluding hydrogens is 245 g/mol. The van der Waals surface area contributed by atoms with E-state index in [9.17, 15) is 4.39 Å². The highest BCUT2D eigenvalue weighted by atomic mass is 19.1. The van der Waals surface area contributed by atoms with Gasteiger partial charge in [0.25, 0.3) is 0 Å². The molecule has 0 saturated heterocycles.